The van der Waals surface area contributed by atoms with Crippen molar-refractivity contribution < 1.29 is 4.74 Å². The molecule has 0 saturated heterocycles. The van der Waals surface area contributed by atoms with Crippen LogP contribution < -0.4 is 10.1 Å². The Balaban J connectivity index is 2.34. The molecule has 1 N–H and O–H groups in total. The molecular weight excluding hydrogens is 248 g/mol. The number of aryl methyl sites for hydroxylation is 1. The largest absolute Gasteiger partial charge is 0.484 e. The zero-order valence-electron chi connectivity index (χ0n) is 12.9. The Kier molecular flexibility index (Phi) is 4.61. The maximum Gasteiger partial charge on any atom is 0.146 e. The van der Waals surface area contributed by atoms with Gasteiger partial charge in [0, 0.05) is 17.6 Å². The lowest BCUT2D eigenvalue weighted by atomic mass is 10.0. The summed E-state index contributed by atoms with van der Waals surface area (Å²) < 4.78 is 6.30. The number of likely N-dealkylation sites (N-methyl/N-ethyl adjacent to an activating group) is 1. The third kappa shape index (κ3) is 3.28. The summed E-state index contributed by atoms with van der Waals surface area (Å²) in [6.45, 7) is 10.2. The number of aromatic nitrogens is 1. The predicted molar refractivity (Wildman–Crippen MR) is 84.3 cm³/mol. The van der Waals surface area contributed by atoms with Crippen LogP contribution in [-0.4, -0.2) is 23.7 Å². The van der Waals surface area contributed by atoms with Crippen LogP contribution in [0.2, 0.25) is 0 Å². The second kappa shape index (κ2) is 6.23. The summed E-state index contributed by atoms with van der Waals surface area (Å²) in [5.41, 5.74) is 1.75. The Morgan fingerprint density at radius 2 is 2.00 bits per heavy atom. The van der Waals surface area contributed by atoms with Gasteiger partial charge in [0.2, 0.25) is 0 Å². The van der Waals surface area contributed by atoms with Crippen LogP contribution in [0, 0.1) is 6.92 Å². The number of fused-ring (bicyclic) bond motifs is 1. The molecule has 3 nitrogen and oxygen atoms in total. The lowest BCUT2D eigenvalue weighted by molar-refractivity contribution is 0.0858. The Morgan fingerprint density at radius 3 is 2.70 bits per heavy atom. The molecule has 0 aliphatic heterocycles. The topological polar surface area (TPSA) is 34.1 Å². The van der Waals surface area contributed by atoms with E-state index >= 15 is 0 Å². The van der Waals surface area contributed by atoms with Gasteiger partial charge in [-0.15, -0.1) is 0 Å². The number of nitrogens with one attached hydrogen (secondary N) is 1. The molecule has 1 aromatic carbocycles. The highest BCUT2D eigenvalue weighted by Gasteiger charge is 2.24. The quantitative estimate of drug-likeness (QED) is 0.870. The van der Waals surface area contributed by atoms with Gasteiger partial charge in [-0.05, 0) is 38.9 Å². The molecular formula is C17H24N2O. The minimum absolute atomic E-state index is 0.213. The molecule has 0 amide bonds. The molecule has 20 heavy (non-hydrogen) atoms. The van der Waals surface area contributed by atoms with Gasteiger partial charge >= 0.3 is 0 Å². The van der Waals surface area contributed by atoms with Crippen molar-refractivity contribution in [2.75, 3.05) is 13.1 Å². The van der Waals surface area contributed by atoms with Crippen molar-refractivity contribution >= 4 is 10.9 Å². The first-order valence-corrected chi connectivity index (χ1v) is 7.34. The molecule has 0 bridgehead atoms. The fourth-order valence-electron chi connectivity index (χ4n) is 2.19. The van der Waals surface area contributed by atoms with Crippen molar-refractivity contribution in [2.45, 2.75) is 39.7 Å². The zero-order chi connectivity index (χ0) is 14.6. The summed E-state index contributed by atoms with van der Waals surface area (Å²) in [5, 5.41) is 4.49. The first kappa shape index (κ1) is 14.8. The van der Waals surface area contributed by atoms with Gasteiger partial charge in [0.1, 0.15) is 16.9 Å². The molecule has 1 heterocycles. The Hall–Kier alpha value is -1.61. The predicted octanol–water partition coefficient (Wildman–Crippen LogP) is 3.70. The number of rotatable bonds is 6. The second-order valence-corrected chi connectivity index (χ2v) is 5.47. The number of hydrogen-bond acceptors (Lipinski definition) is 3. The summed E-state index contributed by atoms with van der Waals surface area (Å²) in [6.07, 6.45) is 0.947. The Morgan fingerprint density at radius 1 is 1.20 bits per heavy atom. The van der Waals surface area contributed by atoms with Crippen LogP contribution in [0.25, 0.3) is 10.9 Å². The average Bonchev–Trinajstić information content (AvgIpc) is 2.46. The molecule has 108 valence electrons. The van der Waals surface area contributed by atoms with E-state index in [0.29, 0.717) is 0 Å². The Labute approximate surface area is 121 Å². The van der Waals surface area contributed by atoms with E-state index in [2.05, 4.69) is 43.2 Å². The molecule has 0 spiro atoms. The normalized spacial score (nSPS) is 14.2. The van der Waals surface area contributed by atoms with Gasteiger partial charge in [-0.1, -0.05) is 32.0 Å². The lowest BCUT2D eigenvalue weighted by Gasteiger charge is -2.30. The van der Waals surface area contributed by atoms with Gasteiger partial charge in [0.25, 0.3) is 0 Å². The standard InChI is InChI=1S/C17H24N2O/c1-5-17(4,12-18-6-2)20-15-9-7-8-14-11-10-13(3)19-16(14)15/h7-11,18H,5-6,12H2,1-4H3. The summed E-state index contributed by atoms with van der Waals surface area (Å²) in [6, 6.07) is 10.2. The third-order valence-corrected chi connectivity index (χ3v) is 3.68. The number of benzene rings is 1. The molecule has 1 unspecified atom stereocenters. The van der Waals surface area contributed by atoms with Gasteiger partial charge in [0.05, 0.1) is 0 Å². The molecule has 3 heteroatoms. The fourth-order valence-corrected chi connectivity index (χ4v) is 2.19. The molecule has 0 aliphatic carbocycles. The molecule has 1 atom stereocenters. The maximum absolute atomic E-state index is 6.30. The van der Waals surface area contributed by atoms with Crippen LogP contribution in [0.1, 0.15) is 32.9 Å². The lowest BCUT2D eigenvalue weighted by Crippen LogP contribution is -2.42. The van der Waals surface area contributed by atoms with Gasteiger partial charge in [-0.3, -0.25) is 0 Å². The number of pyridine rings is 1. The van der Waals surface area contributed by atoms with Crippen molar-refractivity contribution in [1.29, 1.82) is 0 Å². The van der Waals surface area contributed by atoms with E-state index in [-0.39, 0.29) is 5.60 Å². The zero-order valence-corrected chi connectivity index (χ0v) is 12.9. The van der Waals surface area contributed by atoms with Crippen molar-refractivity contribution in [2.24, 2.45) is 0 Å². The average molecular weight is 272 g/mol. The third-order valence-electron chi connectivity index (χ3n) is 3.68. The van der Waals surface area contributed by atoms with Gasteiger partial charge in [-0.2, -0.15) is 0 Å². The monoisotopic (exact) mass is 272 g/mol. The molecule has 1 aromatic heterocycles. The van der Waals surface area contributed by atoms with E-state index in [4.69, 9.17) is 4.74 Å². The molecule has 2 rings (SSSR count). The number of nitrogens with zero attached hydrogens (tertiary/aromatic N) is 1. The molecule has 0 saturated carbocycles. The second-order valence-electron chi connectivity index (χ2n) is 5.47. The highest BCUT2D eigenvalue weighted by atomic mass is 16.5. The highest BCUT2D eigenvalue weighted by molar-refractivity contribution is 5.84. The number of hydrogen-bond donors (Lipinski definition) is 1. The van der Waals surface area contributed by atoms with Crippen LogP contribution in [-0.2, 0) is 0 Å². The van der Waals surface area contributed by atoms with E-state index in [1.807, 2.05) is 25.1 Å². The summed E-state index contributed by atoms with van der Waals surface area (Å²) in [5.74, 6) is 0.869. The first-order chi connectivity index (χ1) is 9.58. The van der Waals surface area contributed by atoms with Crippen molar-refractivity contribution in [1.82, 2.24) is 10.3 Å². The first-order valence-electron chi connectivity index (χ1n) is 7.34. The van der Waals surface area contributed by atoms with Gasteiger partial charge in [-0.25, -0.2) is 4.98 Å². The minimum atomic E-state index is -0.213. The molecule has 0 aliphatic rings. The highest BCUT2D eigenvalue weighted by Crippen LogP contribution is 2.28. The number of ether oxygens (including phenoxy) is 1. The van der Waals surface area contributed by atoms with Crippen LogP contribution in [0.5, 0.6) is 5.75 Å². The van der Waals surface area contributed by atoms with Crippen molar-refractivity contribution in [3.63, 3.8) is 0 Å². The van der Waals surface area contributed by atoms with Crippen molar-refractivity contribution in [3.05, 3.63) is 36.0 Å². The van der Waals surface area contributed by atoms with Crippen LogP contribution in [0.3, 0.4) is 0 Å². The molecule has 0 radical (unpaired) electrons. The summed E-state index contributed by atoms with van der Waals surface area (Å²) >= 11 is 0. The number of para-hydroxylation sites is 1. The van der Waals surface area contributed by atoms with Crippen LogP contribution >= 0.6 is 0 Å². The van der Waals surface area contributed by atoms with E-state index in [1.54, 1.807) is 0 Å². The SMILES string of the molecule is CCNCC(C)(CC)Oc1cccc2ccc(C)nc12. The van der Waals surface area contributed by atoms with Crippen molar-refractivity contribution in [3.8, 4) is 5.75 Å². The smallest absolute Gasteiger partial charge is 0.146 e. The van der Waals surface area contributed by atoms with Crippen LogP contribution in [0.15, 0.2) is 30.3 Å². The molecule has 2 aromatic rings. The summed E-state index contributed by atoms with van der Waals surface area (Å²) in [7, 11) is 0. The van der Waals surface area contributed by atoms with Crippen LogP contribution in [0.4, 0.5) is 0 Å². The minimum Gasteiger partial charge on any atom is -0.484 e. The van der Waals surface area contributed by atoms with E-state index in [9.17, 15) is 0 Å². The maximum atomic E-state index is 6.30. The van der Waals surface area contributed by atoms with Gasteiger partial charge < -0.3 is 10.1 Å². The Bertz CT molecular complexity index is 582. The van der Waals surface area contributed by atoms with E-state index in [0.717, 1.165) is 41.9 Å². The fraction of sp³-hybridized carbons (Fsp3) is 0.471. The summed E-state index contributed by atoms with van der Waals surface area (Å²) in [4.78, 5) is 4.63. The van der Waals surface area contributed by atoms with E-state index in [1.165, 1.54) is 0 Å². The van der Waals surface area contributed by atoms with Gasteiger partial charge in [0.15, 0.2) is 0 Å². The molecule has 0 fully saturated rings. The van der Waals surface area contributed by atoms with E-state index < -0.39 is 0 Å².